The molecule has 2 aromatic carbocycles. The first-order valence-corrected chi connectivity index (χ1v) is 10.1. The SMILES string of the molecule is COc1cc(N2CCN3C(CCCC3c3ccc(O)c(C)c3C)C2)ccc1F. The quantitative estimate of drug-likeness (QED) is 0.841. The molecule has 150 valence electrons. The summed E-state index contributed by atoms with van der Waals surface area (Å²) >= 11 is 0. The van der Waals surface area contributed by atoms with Gasteiger partial charge < -0.3 is 14.7 Å². The van der Waals surface area contributed by atoms with Crippen molar-refractivity contribution in [3.05, 3.63) is 52.8 Å². The lowest BCUT2D eigenvalue weighted by Crippen LogP contribution is -2.56. The van der Waals surface area contributed by atoms with E-state index in [1.54, 1.807) is 6.07 Å². The highest BCUT2D eigenvalue weighted by Crippen LogP contribution is 2.40. The number of hydrogen-bond donors (Lipinski definition) is 1. The highest BCUT2D eigenvalue weighted by molar-refractivity contribution is 5.52. The van der Waals surface area contributed by atoms with Crippen molar-refractivity contribution in [2.45, 2.75) is 45.2 Å². The van der Waals surface area contributed by atoms with E-state index in [0.717, 1.165) is 37.3 Å². The summed E-state index contributed by atoms with van der Waals surface area (Å²) in [6.45, 7) is 6.96. The fraction of sp³-hybridized carbons (Fsp3) is 0.478. The van der Waals surface area contributed by atoms with Crippen LogP contribution in [0.15, 0.2) is 30.3 Å². The highest BCUT2D eigenvalue weighted by atomic mass is 19.1. The van der Waals surface area contributed by atoms with E-state index in [9.17, 15) is 9.50 Å². The molecule has 0 spiro atoms. The Kier molecular flexibility index (Phi) is 5.19. The normalized spacial score (nSPS) is 22.8. The fourth-order valence-corrected chi connectivity index (χ4v) is 4.85. The molecule has 0 radical (unpaired) electrons. The minimum atomic E-state index is -0.319. The van der Waals surface area contributed by atoms with Gasteiger partial charge in [0.1, 0.15) is 5.75 Å². The topological polar surface area (TPSA) is 35.9 Å². The van der Waals surface area contributed by atoms with Crippen LogP contribution >= 0.6 is 0 Å². The van der Waals surface area contributed by atoms with Gasteiger partial charge >= 0.3 is 0 Å². The molecule has 0 bridgehead atoms. The molecule has 5 heteroatoms. The molecule has 2 atom stereocenters. The third kappa shape index (κ3) is 3.32. The molecule has 2 fully saturated rings. The number of ether oxygens (including phenoxy) is 1. The summed E-state index contributed by atoms with van der Waals surface area (Å²) < 4.78 is 18.9. The van der Waals surface area contributed by atoms with Crippen molar-refractivity contribution in [1.82, 2.24) is 4.90 Å². The van der Waals surface area contributed by atoms with Gasteiger partial charge in [0.2, 0.25) is 0 Å². The molecule has 2 aliphatic heterocycles. The number of phenolic OH excluding ortho intramolecular Hbond substituents is 1. The van der Waals surface area contributed by atoms with Crippen molar-refractivity contribution in [2.24, 2.45) is 0 Å². The Balaban J connectivity index is 1.56. The number of rotatable bonds is 3. The van der Waals surface area contributed by atoms with Crippen molar-refractivity contribution < 1.29 is 14.2 Å². The molecular weight excluding hydrogens is 355 g/mol. The molecule has 2 saturated heterocycles. The number of piperidine rings is 1. The van der Waals surface area contributed by atoms with E-state index in [0.29, 0.717) is 23.6 Å². The van der Waals surface area contributed by atoms with Crippen LogP contribution in [0.25, 0.3) is 0 Å². The number of fused-ring (bicyclic) bond motifs is 1. The number of halogens is 1. The molecule has 1 N–H and O–H groups in total. The number of piperazine rings is 1. The van der Waals surface area contributed by atoms with E-state index in [2.05, 4.69) is 22.8 Å². The predicted molar refractivity (Wildman–Crippen MR) is 110 cm³/mol. The second kappa shape index (κ2) is 7.63. The van der Waals surface area contributed by atoms with Crippen LogP contribution in [0.4, 0.5) is 10.1 Å². The summed E-state index contributed by atoms with van der Waals surface area (Å²) in [5, 5.41) is 10.0. The summed E-state index contributed by atoms with van der Waals surface area (Å²) in [5.41, 5.74) is 4.56. The van der Waals surface area contributed by atoms with Crippen LogP contribution < -0.4 is 9.64 Å². The van der Waals surface area contributed by atoms with Crippen LogP contribution in [0.5, 0.6) is 11.5 Å². The van der Waals surface area contributed by atoms with E-state index in [4.69, 9.17) is 4.74 Å². The van der Waals surface area contributed by atoms with E-state index in [-0.39, 0.29) is 5.82 Å². The van der Waals surface area contributed by atoms with Crippen molar-refractivity contribution in [3.63, 3.8) is 0 Å². The highest BCUT2D eigenvalue weighted by Gasteiger charge is 2.36. The minimum absolute atomic E-state index is 0.302. The predicted octanol–water partition coefficient (Wildman–Crippen LogP) is 4.57. The average molecular weight is 384 g/mol. The van der Waals surface area contributed by atoms with Crippen LogP contribution in [0.2, 0.25) is 0 Å². The Morgan fingerprint density at radius 3 is 2.68 bits per heavy atom. The molecule has 4 nitrogen and oxygen atoms in total. The molecule has 2 unspecified atom stereocenters. The fourth-order valence-electron chi connectivity index (χ4n) is 4.85. The van der Waals surface area contributed by atoms with Crippen LogP contribution in [0.3, 0.4) is 0 Å². The molecule has 2 aliphatic rings. The largest absolute Gasteiger partial charge is 0.508 e. The molecule has 0 aromatic heterocycles. The van der Waals surface area contributed by atoms with Gasteiger partial charge in [-0.25, -0.2) is 4.39 Å². The number of methoxy groups -OCH3 is 1. The first-order valence-electron chi connectivity index (χ1n) is 10.1. The Morgan fingerprint density at radius 1 is 1.07 bits per heavy atom. The minimum Gasteiger partial charge on any atom is -0.508 e. The van der Waals surface area contributed by atoms with Crippen LogP contribution in [-0.4, -0.2) is 42.8 Å². The molecule has 0 saturated carbocycles. The average Bonchev–Trinajstić information content (AvgIpc) is 2.72. The second-order valence-electron chi connectivity index (χ2n) is 8.03. The Morgan fingerprint density at radius 2 is 1.89 bits per heavy atom. The van der Waals surface area contributed by atoms with Crippen LogP contribution in [0, 0.1) is 19.7 Å². The van der Waals surface area contributed by atoms with Crippen molar-refractivity contribution in [1.29, 1.82) is 0 Å². The first-order chi connectivity index (χ1) is 13.5. The van der Waals surface area contributed by atoms with Gasteiger partial charge in [0.05, 0.1) is 7.11 Å². The van der Waals surface area contributed by atoms with Crippen molar-refractivity contribution in [2.75, 3.05) is 31.6 Å². The molecule has 2 aromatic rings. The summed E-state index contributed by atoms with van der Waals surface area (Å²) in [6, 6.07) is 9.97. The number of anilines is 1. The Labute approximate surface area is 166 Å². The zero-order chi connectivity index (χ0) is 19.8. The van der Waals surface area contributed by atoms with E-state index >= 15 is 0 Å². The number of phenols is 1. The van der Waals surface area contributed by atoms with Gasteiger partial charge in [-0.1, -0.05) is 6.07 Å². The summed E-state index contributed by atoms with van der Waals surface area (Å²) in [4.78, 5) is 4.99. The smallest absolute Gasteiger partial charge is 0.165 e. The van der Waals surface area contributed by atoms with Crippen LogP contribution in [-0.2, 0) is 0 Å². The summed E-state index contributed by atoms with van der Waals surface area (Å²) in [5.74, 6) is 0.362. The standard InChI is InChI=1S/C23H29FN2O2/c1-15-16(2)22(27)10-8-19(15)21-6-4-5-18-14-25(11-12-26(18)21)17-7-9-20(24)23(13-17)28-3/h7-10,13,18,21,27H,4-6,11-12,14H2,1-3H3. The lowest BCUT2D eigenvalue weighted by atomic mass is 9.86. The van der Waals surface area contributed by atoms with Gasteiger partial charge in [0.25, 0.3) is 0 Å². The zero-order valence-corrected chi connectivity index (χ0v) is 16.9. The van der Waals surface area contributed by atoms with E-state index in [1.807, 2.05) is 19.1 Å². The maximum absolute atomic E-state index is 13.8. The molecule has 2 heterocycles. The van der Waals surface area contributed by atoms with Crippen LogP contribution in [0.1, 0.15) is 42.0 Å². The number of aromatic hydroxyl groups is 1. The van der Waals surface area contributed by atoms with Crippen molar-refractivity contribution >= 4 is 5.69 Å². The van der Waals surface area contributed by atoms with Gasteiger partial charge in [-0.15, -0.1) is 0 Å². The van der Waals surface area contributed by atoms with Gasteiger partial charge in [-0.05, 0) is 68.0 Å². The number of hydrogen-bond acceptors (Lipinski definition) is 4. The third-order valence-corrected chi connectivity index (χ3v) is 6.60. The lowest BCUT2D eigenvalue weighted by Gasteiger charge is -2.49. The van der Waals surface area contributed by atoms with Gasteiger partial charge in [-0.2, -0.15) is 0 Å². The maximum Gasteiger partial charge on any atom is 0.165 e. The Bertz CT molecular complexity index is 870. The lowest BCUT2D eigenvalue weighted by molar-refractivity contribution is 0.0712. The van der Waals surface area contributed by atoms with E-state index in [1.165, 1.54) is 37.1 Å². The number of nitrogens with zero attached hydrogens (tertiary/aromatic N) is 2. The first kappa shape index (κ1) is 19.1. The van der Waals surface area contributed by atoms with E-state index < -0.39 is 0 Å². The second-order valence-corrected chi connectivity index (χ2v) is 8.03. The third-order valence-electron chi connectivity index (χ3n) is 6.60. The molecular formula is C23H29FN2O2. The summed E-state index contributed by atoms with van der Waals surface area (Å²) in [6.07, 6.45) is 3.54. The molecule has 4 rings (SSSR count). The van der Waals surface area contributed by atoms with Gasteiger partial charge in [-0.3, -0.25) is 4.90 Å². The zero-order valence-electron chi connectivity index (χ0n) is 16.9. The number of benzene rings is 2. The van der Waals surface area contributed by atoms with Crippen molar-refractivity contribution in [3.8, 4) is 11.5 Å². The molecule has 28 heavy (non-hydrogen) atoms. The van der Waals surface area contributed by atoms with Gasteiger partial charge in [0.15, 0.2) is 11.6 Å². The maximum atomic E-state index is 13.8. The van der Waals surface area contributed by atoms with Gasteiger partial charge in [0, 0.05) is 43.5 Å². The molecule has 0 aliphatic carbocycles. The Hall–Kier alpha value is -2.27. The molecule has 0 amide bonds. The monoisotopic (exact) mass is 384 g/mol. The summed E-state index contributed by atoms with van der Waals surface area (Å²) in [7, 11) is 1.51.